The van der Waals surface area contributed by atoms with Crippen molar-refractivity contribution in [2.75, 3.05) is 13.1 Å². The van der Waals surface area contributed by atoms with E-state index >= 15 is 0 Å². The third kappa shape index (κ3) is 1.52. The highest BCUT2D eigenvalue weighted by atomic mass is 35.5. The van der Waals surface area contributed by atoms with Crippen molar-refractivity contribution in [1.29, 1.82) is 0 Å². The fraction of sp³-hybridized carbons (Fsp3) is 0.364. The molecule has 2 heterocycles. The average Bonchev–Trinajstić information content (AvgIpc) is 2.77. The molecule has 2 atom stereocenters. The van der Waals surface area contributed by atoms with Crippen LogP contribution in [-0.2, 0) is 0 Å². The Bertz CT molecular complexity index is 416. The summed E-state index contributed by atoms with van der Waals surface area (Å²) in [7, 11) is 0. The molecule has 0 aliphatic carbocycles. The Morgan fingerprint density at radius 1 is 1.27 bits per heavy atom. The smallest absolute Gasteiger partial charge is 0.130 e. The number of hydrogen-bond donors (Lipinski definition) is 2. The topological polar surface area (TPSA) is 36.4 Å². The van der Waals surface area contributed by atoms with E-state index in [-0.39, 0.29) is 0 Å². The quantitative estimate of drug-likeness (QED) is 0.743. The van der Waals surface area contributed by atoms with Crippen LogP contribution >= 0.6 is 11.6 Å². The molecule has 0 bridgehead atoms. The van der Waals surface area contributed by atoms with Crippen LogP contribution in [-0.4, -0.2) is 31.0 Å². The fourth-order valence-corrected chi connectivity index (χ4v) is 2.35. The van der Waals surface area contributed by atoms with Gasteiger partial charge in [0.05, 0.1) is 17.1 Å². The van der Waals surface area contributed by atoms with Crippen LogP contribution in [0.3, 0.4) is 0 Å². The molecule has 0 aromatic heterocycles. The van der Waals surface area contributed by atoms with Gasteiger partial charge in [0.2, 0.25) is 0 Å². The summed E-state index contributed by atoms with van der Waals surface area (Å²) in [6.07, 6.45) is 0. The molecule has 0 spiro atoms. The molecule has 2 N–H and O–H groups in total. The van der Waals surface area contributed by atoms with Gasteiger partial charge in [-0.3, -0.25) is 4.99 Å². The normalized spacial score (nSPS) is 28.5. The molecule has 0 amide bonds. The van der Waals surface area contributed by atoms with Gasteiger partial charge in [-0.25, -0.2) is 0 Å². The number of nitrogens with zero attached hydrogens (tertiary/aromatic N) is 1. The van der Waals surface area contributed by atoms with Gasteiger partial charge in [0.25, 0.3) is 0 Å². The summed E-state index contributed by atoms with van der Waals surface area (Å²) >= 11 is 6.12. The monoisotopic (exact) mass is 221 g/mol. The van der Waals surface area contributed by atoms with Crippen molar-refractivity contribution in [3.05, 3.63) is 34.9 Å². The molecule has 1 fully saturated rings. The molecular formula is C11H12ClN3. The van der Waals surface area contributed by atoms with Gasteiger partial charge in [-0.15, -0.1) is 0 Å². The number of benzene rings is 1. The van der Waals surface area contributed by atoms with Gasteiger partial charge in [0.1, 0.15) is 5.84 Å². The first-order valence-corrected chi connectivity index (χ1v) is 5.52. The summed E-state index contributed by atoms with van der Waals surface area (Å²) in [5, 5.41) is 7.48. The van der Waals surface area contributed by atoms with Crippen molar-refractivity contribution in [2.24, 2.45) is 4.99 Å². The molecule has 1 aromatic rings. The number of hydrogen-bond acceptors (Lipinski definition) is 3. The first-order chi connectivity index (χ1) is 7.34. The highest BCUT2D eigenvalue weighted by molar-refractivity contribution is 6.34. The molecule has 3 nitrogen and oxygen atoms in total. The van der Waals surface area contributed by atoms with Crippen molar-refractivity contribution in [3.63, 3.8) is 0 Å². The van der Waals surface area contributed by atoms with Crippen molar-refractivity contribution in [3.8, 4) is 0 Å². The van der Waals surface area contributed by atoms with E-state index < -0.39 is 0 Å². The van der Waals surface area contributed by atoms with Gasteiger partial charge in [0.15, 0.2) is 0 Å². The van der Waals surface area contributed by atoms with Crippen LogP contribution in [0.1, 0.15) is 5.56 Å². The number of amidine groups is 1. The maximum Gasteiger partial charge on any atom is 0.130 e. The summed E-state index contributed by atoms with van der Waals surface area (Å²) in [4.78, 5) is 4.64. The van der Waals surface area contributed by atoms with E-state index in [9.17, 15) is 0 Å². The molecule has 3 rings (SSSR count). The highest BCUT2D eigenvalue weighted by Crippen LogP contribution is 2.20. The molecule has 78 valence electrons. The van der Waals surface area contributed by atoms with Crippen LogP contribution in [0.4, 0.5) is 0 Å². The lowest BCUT2D eigenvalue weighted by molar-refractivity contribution is 0.637. The maximum absolute atomic E-state index is 6.12. The molecule has 1 saturated heterocycles. The Hall–Kier alpha value is -1.06. The van der Waals surface area contributed by atoms with Gasteiger partial charge in [-0.05, 0) is 12.1 Å². The van der Waals surface area contributed by atoms with Gasteiger partial charge >= 0.3 is 0 Å². The van der Waals surface area contributed by atoms with Gasteiger partial charge in [-0.2, -0.15) is 0 Å². The van der Waals surface area contributed by atoms with Crippen molar-refractivity contribution < 1.29 is 0 Å². The minimum Gasteiger partial charge on any atom is -0.364 e. The second kappa shape index (κ2) is 3.51. The Balaban J connectivity index is 1.93. The zero-order chi connectivity index (χ0) is 10.3. The van der Waals surface area contributed by atoms with Crippen LogP contribution in [0.15, 0.2) is 29.3 Å². The summed E-state index contributed by atoms with van der Waals surface area (Å²) in [5.41, 5.74) is 1.01. The van der Waals surface area contributed by atoms with E-state index in [0.717, 1.165) is 29.5 Å². The SMILES string of the molecule is Clc1ccccc1C1=NC2CNCC2N1. The largest absolute Gasteiger partial charge is 0.364 e. The summed E-state index contributed by atoms with van der Waals surface area (Å²) in [6, 6.07) is 8.63. The molecular weight excluding hydrogens is 210 g/mol. The minimum absolute atomic E-state index is 0.372. The first-order valence-electron chi connectivity index (χ1n) is 5.14. The standard InChI is InChI=1S/C11H12ClN3/c12-8-4-2-1-3-7(8)11-14-9-5-13-6-10(9)15-11/h1-4,9-10,13H,5-6H2,(H,14,15). The van der Waals surface area contributed by atoms with Gasteiger partial charge < -0.3 is 10.6 Å². The molecule has 4 heteroatoms. The Kier molecular flexibility index (Phi) is 2.15. The average molecular weight is 222 g/mol. The molecule has 2 unspecified atom stereocenters. The minimum atomic E-state index is 0.372. The zero-order valence-electron chi connectivity index (χ0n) is 8.20. The van der Waals surface area contributed by atoms with Gasteiger partial charge in [0, 0.05) is 18.7 Å². The predicted molar refractivity (Wildman–Crippen MR) is 61.6 cm³/mol. The van der Waals surface area contributed by atoms with Crippen molar-refractivity contribution in [1.82, 2.24) is 10.6 Å². The Morgan fingerprint density at radius 3 is 2.93 bits per heavy atom. The second-order valence-electron chi connectivity index (χ2n) is 3.93. The predicted octanol–water partition coefficient (Wildman–Crippen LogP) is 1.03. The summed E-state index contributed by atoms with van der Waals surface area (Å²) in [5.74, 6) is 0.942. The first kappa shape index (κ1) is 9.19. The summed E-state index contributed by atoms with van der Waals surface area (Å²) in [6.45, 7) is 1.95. The molecule has 0 saturated carbocycles. The van der Waals surface area contributed by atoms with E-state index in [0.29, 0.717) is 12.1 Å². The second-order valence-corrected chi connectivity index (χ2v) is 4.34. The van der Waals surface area contributed by atoms with Crippen molar-refractivity contribution in [2.45, 2.75) is 12.1 Å². The fourth-order valence-electron chi connectivity index (χ4n) is 2.13. The van der Waals surface area contributed by atoms with E-state index in [2.05, 4.69) is 15.6 Å². The molecule has 2 aliphatic heterocycles. The Labute approximate surface area is 93.5 Å². The molecule has 15 heavy (non-hydrogen) atoms. The Morgan fingerprint density at radius 2 is 2.13 bits per heavy atom. The van der Waals surface area contributed by atoms with E-state index in [1.54, 1.807) is 0 Å². The number of rotatable bonds is 1. The zero-order valence-corrected chi connectivity index (χ0v) is 8.96. The van der Waals surface area contributed by atoms with E-state index in [1.165, 1.54) is 0 Å². The lowest BCUT2D eigenvalue weighted by Gasteiger charge is -2.09. The number of halogens is 1. The van der Waals surface area contributed by atoms with Crippen LogP contribution in [0.25, 0.3) is 0 Å². The third-order valence-electron chi connectivity index (χ3n) is 2.93. The third-order valence-corrected chi connectivity index (χ3v) is 3.26. The van der Waals surface area contributed by atoms with Gasteiger partial charge in [-0.1, -0.05) is 23.7 Å². The van der Waals surface area contributed by atoms with Crippen LogP contribution in [0, 0.1) is 0 Å². The van der Waals surface area contributed by atoms with Crippen LogP contribution in [0.2, 0.25) is 5.02 Å². The lowest BCUT2D eigenvalue weighted by atomic mass is 10.2. The lowest BCUT2D eigenvalue weighted by Crippen LogP contribution is -2.35. The highest BCUT2D eigenvalue weighted by Gasteiger charge is 2.33. The maximum atomic E-state index is 6.12. The van der Waals surface area contributed by atoms with Crippen LogP contribution < -0.4 is 10.6 Å². The van der Waals surface area contributed by atoms with E-state index in [1.807, 2.05) is 24.3 Å². The summed E-state index contributed by atoms with van der Waals surface area (Å²) < 4.78 is 0. The number of fused-ring (bicyclic) bond motifs is 1. The number of nitrogens with one attached hydrogen (secondary N) is 2. The van der Waals surface area contributed by atoms with Crippen molar-refractivity contribution >= 4 is 17.4 Å². The molecule has 0 radical (unpaired) electrons. The molecule has 2 aliphatic rings. The van der Waals surface area contributed by atoms with Crippen LogP contribution in [0.5, 0.6) is 0 Å². The van der Waals surface area contributed by atoms with E-state index in [4.69, 9.17) is 11.6 Å². The number of aliphatic imine (C=N–C) groups is 1. The molecule has 1 aromatic carbocycles.